The number of nitrogens with zero attached hydrogens (tertiary/aromatic N) is 1. The van der Waals surface area contributed by atoms with E-state index in [1.807, 2.05) is 36.9 Å². The van der Waals surface area contributed by atoms with Gasteiger partial charge in [-0.1, -0.05) is 0 Å². The van der Waals surface area contributed by atoms with Gasteiger partial charge in [-0.15, -0.1) is 0 Å². The van der Waals surface area contributed by atoms with E-state index in [2.05, 4.69) is 0 Å². The lowest BCUT2D eigenvalue weighted by molar-refractivity contribution is 0.0732. The fraction of sp³-hybridized carbons (Fsp3) is 0.389. The molecule has 0 fully saturated rings. The molecule has 2 aromatic rings. The highest BCUT2D eigenvalue weighted by Crippen LogP contribution is 2.33. The van der Waals surface area contributed by atoms with Crippen LogP contribution in [-0.2, 0) is 13.0 Å². The van der Waals surface area contributed by atoms with Crippen LogP contribution in [0.15, 0.2) is 22.6 Å². The van der Waals surface area contributed by atoms with Crippen molar-refractivity contribution in [1.82, 2.24) is 4.90 Å². The molecule has 3 rings (SSSR count). The van der Waals surface area contributed by atoms with E-state index >= 15 is 0 Å². The number of carbonyl (C=O) groups is 1. The molecule has 1 aliphatic rings. The van der Waals surface area contributed by atoms with Gasteiger partial charge in [0.25, 0.3) is 5.91 Å². The summed E-state index contributed by atoms with van der Waals surface area (Å²) in [4.78, 5) is 14.6. The van der Waals surface area contributed by atoms with E-state index in [0.29, 0.717) is 30.2 Å². The molecule has 1 aromatic carbocycles. The number of methoxy groups -OCH3 is 2. The first-order chi connectivity index (χ1) is 11.0. The minimum atomic E-state index is 0.0137. The average molecular weight is 315 g/mol. The highest BCUT2D eigenvalue weighted by atomic mass is 16.5. The van der Waals surface area contributed by atoms with Gasteiger partial charge in [0.15, 0.2) is 11.5 Å². The second-order valence-corrected chi connectivity index (χ2v) is 5.78. The molecule has 122 valence electrons. The molecule has 1 aromatic heterocycles. The fourth-order valence-electron chi connectivity index (χ4n) is 3.07. The summed E-state index contributed by atoms with van der Waals surface area (Å²) >= 11 is 0. The summed E-state index contributed by atoms with van der Waals surface area (Å²) < 4.78 is 16.2. The molecule has 0 spiro atoms. The molecule has 2 heterocycles. The first kappa shape index (κ1) is 15.5. The van der Waals surface area contributed by atoms with Crippen molar-refractivity contribution >= 4 is 5.91 Å². The third kappa shape index (κ3) is 2.79. The smallest absolute Gasteiger partial charge is 0.257 e. The van der Waals surface area contributed by atoms with Crippen LogP contribution in [0.4, 0.5) is 0 Å². The number of benzene rings is 1. The van der Waals surface area contributed by atoms with E-state index in [-0.39, 0.29) is 5.91 Å². The van der Waals surface area contributed by atoms with Gasteiger partial charge in [0, 0.05) is 13.1 Å². The Hall–Kier alpha value is -2.43. The SMILES string of the molecule is COc1cc2c(cc1OC)CN(C(=O)c1cc(C)oc1C)CC2. The molecule has 0 N–H and O–H groups in total. The summed E-state index contributed by atoms with van der Waals surface area (Å²) in [5.41, 5.74) is 2.94. The van der Waals surface area contributed by atoms with Crippen molar-refractivity contribution in [2.24, 2.45) is 0 Å². The number of ether oxygens (including phenoxy) is 2. The van der Waals surface area contributed by atoms with Gasteiger partial charge in [0.2, 0.25) is 0 Å². The minimum Gasteiger partial charge on any atom is -0.493 e. The standard InChI is InChI=1S/C18H21NO4/c1-11-7-15(12(2)23-11)18(20)19-6-5-13-8-16(21-3)17(22-4)9-14(13)10-19/h7-9H,5-6,10H2,1-4H3. The van der Waals surface area contributed by atoms with Crippen molar-refractivity contribution in [2.75, 3.05) is 20.8 Å². The Morgan fingerprint density at radius 1 is 1.09 bits per heavy atom. The maximum absolute atomic E-state index is 12.7. The van der Waals surface area contributed by atoms with Crippen molar-refractivity contribution in [3.05, 3.63) is 46.4 Å². The van der Waals surface area contributed by atoms with Crippen molar-refractivity contribution in [2.45, 2.75) is 26.8 Å². The molecular formula is C18H21NO4. The molecule has 0 saturated heterocycles. The fourth-order valence-corrected chi connectivity index (χ4v) is 3.07. The van der Waals surface area contributed by atoms with Crippen LogP contribution >= 0.6 is 0 Å². The molecule has 0 atom stereocenters. The number of furan rings is 1. The van der Waals surface area contributed by atoms with E-state index in [0.717, 1.165) is 23.5 Å². The van der Waals surface area contributed by atoms with Crippen LogP contribution in [0.1, 0.15) is 33.0 Å². The van der Waals surface area contributed by atoms with Crippen LogP contribution in [-0.4, -0.2) is 31.6 Å². The number of fused-ring (bicyclic) bond motifs is 1. The average Bonchev–Trinajstić information content (AvgIpc) is 2.90. The lowest BCUT2D eigenvalue weighted by Crippen LogP contribution is -2.36. The van der Waals surface area contributed by atoms with Crippen LogP contribution < -0.4 is 9.47 Å². The second-order valence-electron chi connectivity index (χ2n) is 5.78. The van der Waals surface area contributed by atoms with Crippen LogP contribution in [0.25, 0.3) is 0 Å². The van der Waals surface area contributed by atoms with Crippen LogP contribution in [0, 0.1) is 13.8 Å². The molecular weight excluding hydrogens is 294 g/mol. The van der Waals surface area contributed by atoms with Crippen molar-refractivity contribution < 1.29 is 18.7 Å². The zero-order valence-electron chi connectivity index (χ0n) is 13.9. The Bertz CT molecular complexity index is 748. The Labute approximate surface area is 135 Å². The molecule has 5 nitrogen and oxygen atoms in total. The monoisotopic (exact) mass is 315 g/mol. The highest BCUT2D eigenvalue weighted by molar-refractivity contribution is 5.95. The molecule has 0 aliphatic carbocycles. The van der Waals surface area contributed by atoms with Crippen molar-refractivity contribution in [1.29, 1.82) is 0 Å². The summed E-state index contributed by atoms with van der Waals surface area (Å²) in [5.74, 6) is 2.86. The maximum Gasteiger partial charge on any atom is 0.257 e. The summed E-state index contributed by atoms with van der Waals surface area (Å²) in [6.07, 6.45) is 0.803. The molecule has 0 radical (unpaired) electrons. The molecule has 1 aliphatic heterocycles. The van der Waals surface area contributed by atoms with Crippen molar-refractivity contribution in [3.63, 3.8) is 0 Å². The number of rotatable bonds is 3. The van der Waals surface area contributed by atoms with E-state index in [4.69, 9.17) is 13.9 Å². The molecule has 5 heteroatoms. The zero-order chi connectivity index (χ0) is 16.6. The van der Waals surface area contributed by atoms with Gasteiger partial charge in [-0.25, -0.2) is 0 Å². The van der Waals surface area contributed by atoms with Crippen LogP contribution in [0.5, 0.6) is 11.5 Å². The van der Waals surface area contributed by atoms with E-state index < -0.39 is 0 Å². The van der Waals surface area contributed by atoms with Gasteiger partial charge >= 0.3 is 0 Å². The Balaban J connectivity index is 1.87. The normalized spacial score (nSPS) is 13.7. The Kier molecular flexibility index (Phi) is 4.03. The predicted molar refractivity (Wildman–Crippen MR) is 86.2 cm³/mol. The lowest BCUT2D eigenvalue weighted by atomic mass is 9.98. The van der Waals surface area contributed by atoms with Crippen LogP contribution in [0.2, 0.25) is 0 Å². The number of hydrogen-bond acceptors (Lipinski definition) is 4. The zero-order valence-corrected chi connectivity index (χ0v) is 13.9. The molecule has 0 saturated carbocycles. The van der Waals surface area contributed by atoms with Gasteiger partial charge in [-0.05, 0) is 49.6 Å². The van der Waals surface area contributed by atoms with Gasteiger partial charge < -0.3 is 18.8 Å². The number of amides is 1. The molecule has 1 amide bonds. The Morgan fingerprint density at radius 3 is 2.30 bits per heavy atom. The van der Waals surface area contributed by atoms with E-state index in [1.54, 1.807) is 14.2 Å². The second kappa shape index (κ2) is 5.99. The van der Waals surface area contributed by atoms with Gasteiger partial charge in [0.05, 0.1) is 19.8 Å². The maximum atomic E-state index is 12.7. The van der Waals surface area contributed by atoms with Gasteiger partial charge in [0.1, 0.15) is 11.5 Å². The number of carbonyl (C=O) groups excluding carboxylic acids is 1. The van der Waals surface area contributed by atoms with Gasteiger partial charge in [-0.3, -0.25) is 4.79 Å². The van der Waals surface area contributed by atoms with E-state index in [9.17, 15) is 4.79 Å². The summed E-state index contributed by atoms with van der Waals surface area (Å²) in [6, 6.07) is 5.77. The summed E-state index contributed by atoms with van der Waals surface area (Å²) in [7, 11) is 3.25. The summed E-state index contributed by atoms with van der Waals surface area (Å²) in [5, 5.41) is 0. The molecule has 23 heavy (non-hydrogen) atoms. The third-order valence-corrected chi connectivity index (χ3v) is 4.28. The Morgan fingerprint density at radius 2 is 1.74 bits per heavy atom. The predicted octanol–water partition coefficient (Wildman–Crippen LogP) is 3.11. The highest BCUT2D eigenvalue weighted by Gasteiger charge is 2.25. The first-order valence-electron chi connectivity index (χ1n) is 7.63. The van der Waals surface area contributed by atoms with E-state index in [1.165, 1.54) is 5.56 Å². The largest absolute Gasteiger partial charge is 0.493 e. The first-order valence-corrected chi connectivity index (χ1v) is 7.63. The number of aryl methyl sites for hydroxylation is 2. The molecule has 0 bridgehead atoms. The minimum absolute atomic E-state index is 0.0137. The lowest BCUT2D eigenvalue weighted by Gasteiger charge is -2.29. The topological polar surface area (TPSA) is 51.9 Å². The summed E-state index contributed by atoms with van der Waals surface area (Å²) in [6.45, 7) is 4.93. The number of hydrogen-bond donors (Lipinski definition) is 0. The molecule has 0 unspecified atom stereocenters. The van der Waals surface area contributed by atoms with Gasteiger partial charge in [-0.2, -0.15) is 0 Å². The van der Waals surface area contributed by atoms with Crippen LogP contribution in [0.3, 0.4) is 0 Å². The third-order valence-electron chi connectivity index (χ3n) is 4.28. The quantitative estimate of drug-likeness (QED) is 0.873. The van der Waals surface area contributed by atoms with Crippen molar-refractivity contribution in [3.8, 4) is 11.5 Å².